The van der Waals surface area contributed by atoms with Gasteiger partial charge < -0.3 is 7.65 Å². The van der Waals surface area contributed by atoms with Crippen molar-refractivity contribution in [3.05, 3.63) is 0 Å². The summed E-state index contributed by atoms with van der Waals surface area (Å²) in [5.41, 5.74) is 0. The summed E-state index contributed by atoms with van der Waals surface area (Å²) in [4.78, 5) is 6.94. The molecule has 0 heterocycles. The predicted octanol–water partition coefficient (Wildman–Crippen LogP) is -1.98. The van der Waals surface area contributed by atoms with Gasteiger partial charge >= 0.3 is 54.7 Å². The first-order chi connectivity index (χ1) is 1.73. The molecule has 0 aromatic heterocycles. The number of hydrogen-bond acceptors (Lipinski definition) is 1. The zero-order valence-corrected chi connectivity index (χ0v) is 6.92. The minimum absolute atomic E-state index is 0. The van der Waals surface area contributed by atoms with Crippen molar-refractivity contribution in [3.63, 3.8) is 0 Å². The molecule has 0 unspecified atom stereocenters. The van der Waals surface area contributed by atoms with Crippen LogP contribution in [0.1, 0.15) is 2.85 Å². The maximum Gasteiger partial charge on any atom is 2.00 e. The van der Waals surface area contributed by atoms with E-state index in [9.17, 15) is 4.11 Å². The number of hydrogen-bond donors (Lipinski definition) is 1. The SMILES string of the molecule is O=[Si](O)F.[AlH3].[H-].[H-].[Sr+2]. The van der Waals surface area contributed by atoms with Crippen molar-refractivity contribution in [1.29, 1.82) is 0 Å². The zero-order valence-electron chi connectivity index (χ0n) is 4.44. The van der Waals surface area contributed by atoms with Crippen molar-refractivity contribution < 1.29 is 16.2 Å². The van der Waals surface area contributed by atoms with Gasteiger partial charge in [-0.15, -0.1) is 0 Å². The van der Waals surface area contributed by atoms with E-state index in [0.29, 0.717) is 0 Å². The third kappa shape index (κ3) is 42.1. The van der Waals surface area contributed by atoms with Gasteiger partial charge in [-0.05, 0) is 0 Å². The molecule has 1 N–H and O–H groups in total. The Morgan fingerprint density at radius 1 is 1.83 bits per heavy atom. The van der Waals surface area contributed by atoms with Crippen molar-refractivity contribution >= 4 is 72.1 Å². The molecule has 0 atom stereocenters. The van der Waals surface area contributed by atoms with Crippen LogP contribution in [0.4, 0.5) is 4.11 Å². The second-order valence-corrected chi connectivity index (χ2v) is 0.759. The van der Waals surface area contributed by atoms with Gasteiger partial charge in [0.15, 0.2) is 17.4 Å². The summed E-state index contributed by atoms with van der Waals surface area (Å²) >= 11 is 0. The van der Waals surface area contributed by atoms with Crippen molar-refractivity contribution in [2.45, 2.75) is 0 Å². The first-order valence-corrected chi connectivity index (χ1v) is 1.85. The Kier molecular flexibility index (Phi) is 25.8. The van der Waals surface area contributed by atoms with Crippen LogP contribution in [0, 0.1) is 0 Å². The average molecular weight is 200 g/mol. The van der Waals surface area contributed by atoms with E-state index in [0.717, 1.165) is 0 Å². The Labute approximate surface area is 87.1 Å². The molecule has 0 aromatic rings. The maximum absolute atomic E-state index is 10.1. The largest absolute Gasteiger partial charge is 2.00 e. The fraction of sp³-hybridized carbons (Fsp3) is 0. The van der Waals surface area contributed by atoms with Gasteiger partial charge in [0.05, 0.1) is 0 Å². The number of rotatable bonds is 0. The second kappa shape index (κ2) is 9.90. The van der Waals surface area contributed by atoms with Crippen molar-refractivity contribution in [1.82, 2.24) is 0 Å². The topological polar surface area (TPSA) is 37.3 Å². The molecule has 0 aliphatic heterocycles. The summed E-state index contributed by atoms with van der Waals surface area (Å²) in [6, 6.07) is 0. The van der Waals surface area contributed by atoms with Crippen LogP contribution >= 0.6 is 0 Å². The van der Waals surface area contributed by atoms with Crippen LogP contribution in [0.15, 0.2) is 0 Å². The van der Waals surface area contributed by atoms with E-state index in [1.807, 2.05) is 0 Å². The summed E-state index contributed by atoms with van der Waals surface area (Å²) in [5, 5.41) is 0. The van der Waals surface area contributed by atoms with Crippen molar-refractivity contribution in [2.75, 3.05) is 0 Å². The average Bonchev–Trinajstić information content (AvgIpc) is 0.811. The summed E-state index contributed by atoms with van der Waals surface area (Å²) in [6.07, 6.45) is 0. The van der Waals surface area contributed by atoms with Crippen LogP contribution in [-0.2, 0) is 4.46 Å². The Morgan fingerprint density at radius 3 is 1.83 bits per heavy atom. The molecule has 0 aliphatic rings. The molecule has 0 fully saturated rings. The maximum atomic E-state index is 10.1. The Morgan fingerprint density at radius 2 is 1.83 bits per heavy atom. The van der Waals surface area contributed by atoms with Crippen LogP contribution < -0.4 is 0 Å². The van der Waals surface area contributed by atoms with Gasteiger partial charge in [0.25, 0.3) is 0 Å². The quantitative estimate of drug-likeness (QED) is 0.363. The summed E-state index contributed by atoms with van der Waals surface area (Å²) in [5.74, 6) is 0. The van der Waals surface area contributed by atoms with Gasteiger partial charge in [-0.2, -0.15) is 4.11 Å². The predicted molar refractivity (Wildman–Crippen MR) is 27.7 cm³/mol. The molecule has 0 amide bonds. The monoisotopic (exact) mass is 200 g/mol. The van der Waals surface area contributed by atoms with E-state index in [-0.39, 0.29) is 65.7 Å². The van der Waals surface area contributed by atoms with Crippen LogP contribution in [-0.4, -0.2) is 76.9 Å². The molecule has 0 saturated carbocycles. The molecule has 0 spiro atoms. The van der Waals surface area contributed by atoms with Gasteiger partial charge in [-0.1, -0.05) is 0 Å². The summed E-state index contributed by atoms with van der Waals surface area (Å²) in [7, 11) is -3.63. The molecule has 0 saturated heterocycles. The molecule has 0 bridgehead atoms. The van der Waals surface area contributed by atoms with E-state index in [2.05, 4.69) is 0 Å². The molecular weight excluding hydrogens is 194 g/mol. The van der Waals surface area contributed by atoms with Crippen LogP contribution in [0.2, 0.25) is 0 Å². The minimum Gasteiger partial charge on any atom is -1.00 e. The molecule has 0 aromatic carbocycles. The summed E-state index contributed by atoms with van der Waals surface area (Å²) < 4.78 is 18.6. The molecule has 6 heteroatoms. The third-order valence-corrected chi connectivity index (χ3v) is 0. The molecule has 2 nitrogen and oxygen atoms in total. The van der Waals surface area contributed by atoms with Gasteiger partial charge in [0, 0.05) is 0 Å². The fourth-order valence-corrected chi connectivity index (χ4v) is 0. The van der Waals surface area contributed by atoms with E-state index >= 15 is 0 Å². The van der Waals surface area contributed by atoms with Gasteiger partial charge in [-0.3, -0.25) is 4.46 Å². The smallest absolute Gasteiger partial charge is 1.00 e. The fourth-order valence-electron chi connectivity index (χ4n) is 0. The van der Waals surface area contributed by atoms with Crippen LogP contribution in [0.25, 0.3) is 0 Å². The Bertz CT molecular complexity index is 43.0. The van der Waals surface area contributed by atoms with Gasteiger partial charge in [0.2, 0.25) is 0 Å². The van der Waals surface area contributed by atoms with Crippen molar-refractivity contribution in [2.24, 2.45) is 0 Å². The molecule has 34 valence electrons. The van der Waals surface area contributed by atoms with E-state index in [4.69, 9.17) is 9.26 Å². The van der Waals surface area contributed by atoms with Gasteiger partial charge in [-0.25, -0.2) is 0 Å². The van der Waals surface area contributed by atoms with Crippen LogP contribution in [0.3, 0.4) is 0 Å². The molecule has 0 aliphatic carbocycles. The first kappa shape index (κ1) is 15.7. The third-order valence-electron chi connectivity index (χ3n) is 0. The van der Waals surface area contributed by atoms with E-state index in [1.165, 1.54) is 0 Å². The molecule has 0 rings (SSSR count). The standard InChI is InChI=1S/Al.FHO2Si.Sr.5H/c;1-4(2)3;;;;;;/h;2H;;;;;;/q;;+2;;;;2*-1. The van der Waals surface area contributed by atoms with E-state index < -0.39 is 9.26 Å². The zero-order chi connectivity index (χ0) is 3.58. The normalized spacial score (nSPS) is 4.17. The van der Waals surface area contributed by atoms with Crippen LogP contribution in [0.5, 0.6) is 0 Å². The summed E-state index contributed by atoms with van der Waals surface area (Å²) in [6.45, 7) is 0. The minimum atomic E-state index is -3.63. The molecule has 0 radical (unpaired) electrons. The molecule has 6 heavy (non-hydrogen) atoms. The number of halogens is 1. The Hall–Kier alpha value is 1.76. The first-order valence-electron chi connectivity index (χ1n) is 0.617. The Balaban J connectivity index is -0.00000000750. The van der Waals surface area contributed by atoms with E-state index in [1.54, 1.807) is 0 Å². The van der Waals surface area contributed by atoms with Crippen molar-refractivity contribution in [3.8, 4) is 0 Å². The molecular formula is H6AlFO2SiSr. The van der Waals surface area contributed by atoms with Gasteiger partial charge in [0.1, 0.15) is 0 Å². The second-order valence-electron chi connectivity index (χ2n) is 0.253.